The Bertz CT molecular complexity index is 1120. The van der Waals surface area contributed by atoms with Gasteiger partial charge in [-0.05, 0) is 80.3 Å². The SMILES string of the molecule is CC(C)CCOC(=O)c1ccc(N(C)C)cc1.COc1ccc(C(=O)c2cccc(C)c2)cc1C. The molecule has 0 saturated heterocycles. The third-order valence-corrected chi connectivity index (χ3v) is 5.49. The number of carbonyl (C=O) groups is 2. The fourth-order valence-corrected chi connectivity index (χ4v) is 3.34. The Morgan fingerprint density at radius 1 is 0.857 bits per heavy atom. The quantitative estimate of drug-likeness (QED) is 0.275. The minimum Gasteiger partial charge on any atom is -0.496 e. The Labute approximate surface area is 209 Å². The highest BCUT2D eigenvalue weighted by Crippen LogP contribution is 2.20. The van der Waals surface area contributed by atoms with Crippen molar-refractivity contribution in [1.29, 1.82) is 0 Å². The summed E-state index contributed by atoms with van der Waals surface area (Å²) in [4.78, 5) is 26.0. The second-order valence-corrected chi connectivity index (χ2v) is 9.14. The molecule has 3 aromatic rings. The van der Waals surface area contributed by atoms with Gasteiger partial charge in [-0.1, -0.05) is 37.6 Å². The summed E-state index contributed by atoms with van der Waals surface area (Å²) >= 11 is 0. The van der Waals surface area contributed by atoms with Crippen LogP contribution in [-0.2, 0) is 4.74 Å². The van der Waals surface area contributed by atoms with Gasteiger partial charge in [-0.25, -0.2) is 4.79 Å². The molecule has 3 rings (SSSR count). The van der Waals surface area contributed by atoms with Gasteiger partial charge in [0.1, 0.15) is 5.75 Å². The number of nitrogens with zero attached hydrogens (tertiary/aromatic N) is 1. The van der Waals surface area contributed by atoms with Crippen molar-refractivity contribution in [3.05, 3.63) is 94.5 Å². The second kappa shape index (κ2) is 13.3. The third-order valence-electron chi connectivity index (χ3n) is 5.49. The number of ketones is 1. The van der Waals surface area contributed by atoms with Gasteiger partial charge in [0, 0.05) is 30.9 Å². The lowest BCUT2D eigenvalue weighted by atomic mass is 10.00. The average Bonchev–Trinajstić information content (AvgIpc) is 2.83. The molecule has 0 amide bonds. The Balaban J connectivity index is 0.000000247. The molecule has 186 valence electrons. The van der Waals surface area contributed by atoms with E-state index >= 15 is 0 Å². The zero-order valence-corrected chi connectivity index (χ0v) is 21.9. The van der Waals surface area contributed by atoms with E-state index in [9.17, 15) is 9.59 Å². The first-order chi connectivity index (χ1) is 16.6. The maximum atomic E-state index is 12.3. The van der Waals surface area contributed by atoms with Gasteiger partial charge in [0.25, 0.3) is 0 Å². The molecule has 0 aliphatic rings. The molecule has 0 aromatic heterocycles. The molecule has 0 aliphatic heterocycles. The molecular formula is C30H37NO4. The van der Waals surface area contributed by atoms with Crippen LogP contribution in [0.15, 0.2) is 66.7 Å². The maximum Gasteiger partial charge on any atom is 0.338 e. The number of aryl methyl sites for hydroxylation is 2. The Hall–Kier alpha value is -3.60. The number of hydrogen-bond donors (Lipinski definition) is 0. The number of carbonyl (C=O) groups excluding carboxylic acids is 2. The van der Waals surface area contributed by atoms with Crippen LogP contribution in [0.25, 0.3) is 0 Å². The van der Waals surface area contributed by atoms with Crippen molar-refractivity contribution in [3.8, 4) is 5.75 Å². The van der Waals surface area contributed by atoms with Crippen LogP contribution in [0.1, 0.15) is 57.7 Å². The maximum absolute atomic E-state index is 12.3. The molecule has 35 heavy (non-hydrogen) atoms. The van der Waals surface area contributed by atoms with E-state index in [2.05, 4.69) is 13.8 Å². The van der Waals surface area contributed by atoms with Crippen molar-refractivity contribution in [2.75, 3.05) is 32.7 Å². The van der Waals surface area contributed by atoms with Gasteiger partial charge in [-0.3, -0.25) is 4.79 Å². The molecule has 0 spiro atoms. The standard InChI is InChI=1S/C16H16O2.C14H21NO2/c1-11-5-4-6-13(9-11)16(17)14-7-8-15(18-3)12(2)10-14;1-11(2)9-10-17-14(16)12-5-7-13(8-6-12)15(3)4/h4-10H,1-3H3;5-8,11H,9-10H2,1-4H3. The van der Waals surface area contributed by atoms with Gasteiger partial charge in [-0.2, -0.15) is 0 Å². The minimum absolute atomic E-state index is 0.0458. The van der Waals surface area contributed by atoms with Crippen molar-refractivity contribution in [2.24, 2.45) is 5.92 Å². The van der Waals surface area contributed by atoms with E-state index in [1.807, 2.05) is 81.4 Å². The summed E-state index contributed by atoms with van der Waals surface area (Å²) in [5.41, 5.74) is 5.16. The van der Waals surface area contributed by atoms with Crippen LogP contribution >= 0.6 is 0 Å². The first-order valence-corrected chi connectivity index (χ1v) is 11.8. The highest BCUT2D eigenvalue weighted by atomic mass is 16.5. The van der Waals surface area contributed by atoms with Crippen molar-refractivity contribution < 1.29 is 19.1 Å². The molecule has 0 unspecified atom stereocenters. The summed E-state index contributed by atoms with van der Waals surface area (Å²) < 4.78 is 10.4. The normalized spacial score (nSPS) is 10.3. The summed E-state index contributed by atoms with van der Waals surface area (Å²) in [5.74, 6) is 1.16. The van der Waals surface area contributed by atoms with E-state index in [1.54, 1.807) is 25.3 Å². The van der Waals surface area contributed by atoms with Gasteiger partial charge >= 0.3 is 5.97 Å². The fourth-order valence-electron chi connectivity index (χ4n) is 3.34. The smallest absolute Gasteiger partial charge is 0.338 e. The van der Waals surface area contributed by atoms with Gasteiger partial charge in [0.05, 0.1) is 19.3 Å². The molecule has 5 nitrogen and oxygen atoms in total. The monoisotopic (exact) mass is 475 g/mol. The fraction of sp³-hybridized carbons (Fsp3) is 0.333. The predicted molar refractivity (Wildman–Crippen MR) is 143 cm³/mol. The van der Waals surface area contributed by atoms with E-state index in [0.29, 0.717) is 23.7 Å². The molecule has 0 saturated carbocycles. The number of hydrogen-bond acceptors (Lipinski definition) is 5. The van der Waals surface area contributed by atoms with E-state index in [0.717, 1.165) is 34.5 Å². The topological polar surface area (TPSA) is 55.8 Å². The molecule has 0 fully saturated rings. The van der Waals surface area contributed by atoms with Crippen LogP contribution in [-0.4, -0.2) is 39.6 Å². The van der Waals surface area contributed by atoms with Gasteiger partial charge < -0.3 is 14.4 Å². The lowest BCUT2D eigenvalue weighted by Gasteiger charge is -2.12. The summed E-state index contributed by atoms with van der Waals surface area (Å²) in [6.45, 7) is 8.63. The number of anilines is 1. The second-order valence-electron chi connectivity index (χ2n) is 9.14. The van der Waals surface area contributed by atoms with Crippen molar-refractivity contribution in [2.45, 2.75) is 34.1 Å². The summed E-state index contributed by atoms with van der Waals surface area (Å²) in [5, 5.41) is 0. The van der Waals surface area contributed by atoms with Crippen molar-refractivity contribution in [3.63, 3.8) is 0 Å². The van der Waals surface area contributed by atoms with Crippen LogP contribution in [0.2, 0.25) is 0 Å². The van der Waals surface area contributed by atoms with E-state index in [1.165, 1.54) is 0 Å². The van der Waals surface area contributed by atoms with Gasteiger partial charge in [-0.15, -0.1) is 0 Å². The molecule has 5 heteroatoms. The van der Waals surface area contributed by atoms with Crippen LogP contribution in [0.5, 0.6) is 5.75 Å². The number of methoxy groups -OCH3 is 1. The largest absolute Gasteiger partial charge is 0.496 e. The highest BCUT2D eigenvalue weighted by Gasteiger charge is 2.11. The highest BCUT2D eigenvalue weighted by molar-refractivity contribution is 6.09. The first-order valence-electron chi connectivity index (χ1n) is 11.8. The van der Waals surface area contributed by atoms with Crippen molar-refractivity contribution >= 4 is 17.4 Å². The predicted octanol–water partition coefficient (Wildman–Crippen LogP) is 6.50. The van der Waals surface area contributed by atoms with E-state index in [4.69, 9.17) is 9.47 Å². The lowest BCUT2D eigenvalue weighted by Crippen LogP contribution is -2.10. The molecule has 0 N–H and O–H groups in total. The third kappa shape index (κ3) is 8.60. The van der Waals surface area contributed by atoms with E-state index < -0.39 is 0 Å². The zero-order valence-electron chi connectivity index (χ0n) is 21.9. The molecule has 0 heterocycles. The number of esters is 1. The number of ether oxygens (including phenoxy) is 2. The summed E-state index contributed by atoms with van der Waals surface area (Å²) in [6.07, 6.45) is 0.904. The number of rotatable bonds is 8. The Morgan fingerprint density at radius 2 is 1.49 bits per heavy atom. The summed E-state index contributed by atoms with van der Waals surface area (Å²) in [7, 11) is 5.57. The van der Waals surface area contributed by atoms with Gasteiger partial charge in [0.2, 0.25) is 0 Å². The van der Waals surface area contributed by atoms with E-state index in [-0.39, 0.29) is 11.8 Å². The average molecular weight is 476 g/mol. The Morgan fingerprint density at radius 3 is 2.03 bits per heavy atom. The minimum atomic E-state index is -0.240. The molecule has 0 aliphatic carbocycles. The molecule has 0 atom stereocenters. The van der Waals surface area contributed by atoms with Crippen LogP contribution in [0.4, 0.5) is 5.69 Å². The zero-order chi connectivity index (χ0) is 26.0. The molecule has 0 bridgehead atoms. The van der Waals surface area contributed by atoms with Crippen LogP contribution in [0, 0.1) is 19.8 Å². The van der Waals surface area contributed by atoms with Crippen molar-refractivity contribution in [1.82, 2.24) is 0 Å². The first kappa shape index (κ1) is 27.6. The lowest BCUT2D eigenvalue weighted by molar-refractivity contribution is 0.0488. The Kier molecular flexibility index (Phi) is 10.5. The van der Waals surface area contributed by atoms with Crippen LogP contribution < -0.4 is 9.64 Å². The van der Waals surface area contributed by atoms with Gasteiger partial charge in [0.15, 0.2) is 5.78 Å². The number of benzene rings is 3. The van der Waals surface area contributed by atoms with Crippen LogP contribution in [0.3, 0.4) is 0 Å². The molecule has 3 aromatic carbocycles. The molecular weight excluding hydrogens is 438 g/mol. The molecule has 0 radical (unpaired) electrons. The summed E-state index contributed by atoms with van der Waals surface area (Å²) in [6, 6.07) is 20.6.